The number of carbonyl (C=O) groups excluding carboxylic acids is 1. The lowest BCUT2D eigenvalue weighted by atomic mass is 9.88. The maximum Gasteiger partial charge on any atom is 0.286 e. The van der Waals surface area contributed by atoms with Gasteiger partial charge in [0, 0.05) is 29.2 Å². The van der Waals surface area contributed by atoms with Gasteiger partial charge in [0.15, 0.2) is 5.69 Å². The number of hydrazine groups is 1. The number of nitrogens with one attached hydrogen (secondary N) is 3. The molecule has 0 spiro atoms. The summed E-state index contributed by atoms with van der Waals surface area (Å²) < 4.78 is 0. The van der Waals surface area contributed by atoms with Gasteiger partial charge >= 0.3 is 0 Å². The van der Waals surface area contributed by atoms with E-state index in [2.05, 4.69) is 31.1 Å². The highest BCUT2D eigenvalue weighted by molar-refractivity contribution is 6.05. The summed E-state index contributed by atoms with van der Waals surface area (Å²) in [6.45, 7) is 6.06. The van der Waals surface area contributed by atoms with Gasteiger partial charge in [-0.3, -0.25) is 10.2 Å². The van der Waals surface area contributed by atoms with Gasteiger partial charge in [0.2, 0.25) is 0 Å². The molecule has 1 aliphatic carbocycles. The molecule has 0 unspecified atom stereocenters. The van der Waals surface area contributed by atoms with E-state index in [9.17, 15) is 4.79 Å². The highest BCUT2D eigenvalue weighted by Gasteiger charge is 2.27. The summed E-state index contributed by atoms with van der Waals surface area (Å²) >= 11 is 0. The van der Waals surface area contributed by atoms with Crippen LogP contribution in [0.3, 0.4) is 0 Å². The lowest BCUT2D eigenvalue weighted by Crippen LogP contribution is -2.54. The molecule has 0 saturated heterocycles. The Bertz CT molecular complexity index is 750. The second-order valence-electron chi connectivity index (χ2n) is 7.21. The van der Waals surface area contributed by atoms with E-state index in [1.54, 1.807) is 12.4 Å². The number of pyridine rings is 1. The van der Waals surface area contributed by atoms with E-state index in [0.717, 1.165) is 18.2 Å². The molecule has 128 valence electrons. The Morgan fingerprint density at radius 3 is 2.67 bits per heavy atom. The molecule has 0 aromatic carbocycles. The number of anilines is 1. The van der Waals surface area contributed by atoms with Crippen molar-refractivity contribution in [2.45, 2.75) is 51.2 Å². The fraction of sp³-hybridized carbons (Fsp3) is 0.500. The number of hydrogen-bond donors (Lipinski definition) is 4. The Hall–Kier alpha value is -2.32. The Balaban J connectivity index is 1.88. The molecule has 1 aliphatic rings. The minimum atomic E-state index is -0.298. The lowest BCUT2D eigenvalue weighted by molar-refractivity contribution is 0.0905. The molecule has 3 rings (SSSR count). The number of rotatable bonds is 4. The van der Waals surface area contributed by atoms with Crippen molar-refractivity contribution in [3.63, 3.8) is 0 Å². The predicted molar refractivity (Wildman–Crippen MR) is 92.3 cm³/mol. The van der Waals surface area contributed by atoms with E-state index < -0.39 is 0 Å². The Kier molecular flexibility index (Phi) is 4.33. The number of carbonyl (C=O) groups is 1. The van der Waals surface area contributed by atoms with Crippen LogP contribution in [0.15, 0.2) is 18.7 Å². The van der Waals surface area contributed by atoms with Gasteiger partial charge in [0.25, 0.3) is 5.91 Å². The molecule has 1 amide bonds. The first-order valence-corrected chi connectivity index (χ1v) is 8.02. The largest absolute Gasteiger partial charge is 0.378 e. The molecule has 0 bridgehead atoms. The molecule has 24 heavy (non-hydrogen) atoms. The third-order valence-corrected chi connectivity index (χ3v) is 3.84. The summed E-state index contributed by atoms with van der Waals surface area (Å²) in [4.78, 5) is 25.1. The van der Waals surface area contributed by atoms with Crippen molar-refractivity contribution in [1.82, 2.24) is 25.8 Å². The molecule has 0 atom stereocenters. The minimum Gasteiger partial charge on any atom is -0.378 e. The van der Waals surface area contributed by atoms with Gasteiger partial charge in [0.1, 0.15) is 6.33 Å². The number of hydrogen-bond acceptors (Lipinski definition) is 7. The summed E-state index contributed by atoms with van der Waals surface area (Å²) in [6, 6.07) is 0.431. The highest BCUT2D eigenvalue weighted by Crippen LogP contribution is 2.27. The molecular weight excluding hydrogens is 306 g/mol. The van der Waals surface area contributed by atoms with Gasteiger partial charge in [-0.2, -0.15) is 0 Å². The second kappa shape index (κ2) is 6.29. The normalized spacial score (nSPS) is 20.5. The molecule has 2 aromatic rings. The number of nitrogens with two attached hydrogens (primary N) is 1. The number of fused-ring (bicyclic) bond motifs is 1. The smallest absolute Gasteiger partial charge is 0.286 e. The number of nitrogens with zero attached hydrogens (tertiary/aromatic N) is 3. The zero-order chi connectivity index (χ0) is 17.3. The first kappa shape index (κ1) is 16.5. The van der Waals surface area contributed by atoms with Crippen molar-refractivity contribution in [3.05, 3.63) is 24.4 Å². The van der Waals surface area contributed by atoms with Crippen molar-refractivity contribution in [3.8, 4) is 0 Å². The third kappa shape index (κ3) is 3.60. The van der Waals surface area contributed by atoms with Crippen LogP contribution in [-0.4, -0.2) is 38.5 Å². The summed E-state index contributed by atoms with van der Waals surface area (Å²) in [5, 5.41) is 4.11. The van der Waals surface area contributed by atoms with Crippen LogP contribution in [0.5, 0.6) is 0 Å². The third-order valence-electron chi connectivity index (χ3n) is 3.84. The van der Waals surface area contributed by atoms with Crippen molar-refractivity contribution in [2.24, 2.45) is 5.73 Å². The fourth-order valence-electron chi connectivity index (χ4n) is 2.63. The standard InChI is InChI=1S/C16H23N7O/c1-16(2,3)21-13-11-6-18-8-20-12(11)7-19-14(13)15(24)23-22-10-4-9(17)5-10/h6-10,21-22H,4-5,17H2,1-3H3,(H,23,24). The second-order valence-corrected chi connectivity index (χ2v) is 7.21. The SMILES string of the molecule is CC(C)(C)Nc1c(C(=O)NNC2CC(N)C2)ncc2ncncc12. The van der Waals surface area contributed by atoms with Gasteiger partial charge in [-0.15, -0.1) is 0 Å². The van der Waals surface area contributed by atoms with Crippen LogP contribution >= 0.6 is 0 Å². The van der Waals surface area contributed by atoms with E-state index >= 15 is 0 Å². The molecule has 0 radical (unpaired) electrons. The molecule has 2 aromatic heterocycles. The fourth-order valence-corrected chi connectivity index (χ4v) is 2.63. The van der Waals surface area contributed by atoms with Gasteiger partial charge in [0.05, 0.1) is 17.4 Å². The van der Waals surface area contributed by atoms with Gasteiger partial charge < -0.3 is 11.1 Å². The van der Waals surface area contributed by atoms with Crippen molar-refractivity contribution in [1.29, 1.82) is 0 Å². The highest BCUT2D eigenvalue weighted by atomic mass is 16.2. The van der Waals surface area contributed by atoms with Crippen LogP contribution in [0, 0.1) is 0 Å². The van der Waals surface area contributed by atoms with Crippen LogP contribution in [0.4, 0.5) is 5.69 Å². The average molecular weight is 329 g/mol. The molecule has 1 fully saturated rings. The molecular formula is C16H23N7O. The van der Waals surface area contributed by atoms with Gasteiger partial charge in [-0.05, 0) is 33.6 Å². The molecule has 8 heteroatoms. The van der Waals surface area contributed by atoms with Gasteiger partial charge in [-0.25, -0.2) is 20.4 Å². The van der Waals surface area contributed by atoms with Crippen molar-refractivity contribution >= 4 is 22.5 Å². The van der Waals surface area contributed by atoms with Crippen molar-refractivity contribution < 1.29 is 4.79 Å². The maximum atomic E-state index is 12.6. The first-order valence-electron chi connectivity index (χ1n) is 8.02. The van der Waals surface area contributed by atoms with E-state index in [1.165, 1.54) is 6.33 Å². The number of amides is 1. The van der Waals surface area contributed by atoms with E-state index in [0.29, 0.717) is 16.9 Å². The van der Waals surface area contributed by atoms with Crippen LogP contribution < -0.4 is 21.9 Å². The van der Waals surface area contributed by atoms with Crippen LogP contribution in [0.2, 0.25) is 0 Å². The minimum absolute atomic E-state index is 0.215. The van der Waals surface area contributed by atoms with E-state index in [1.807, 2.05) is 20.8 Å². The average Bonchev–Trinajstić information content (AvgIpc) is 2.49. The summed E-state index contributed by atoms with van der Waals surface area (Å²) in [5.74, 6) is -0.298. The predicted octanol–water partition coefficient (Wildman–Crippen LogP) is 0.959. The lowest BCUT2D eigenvalue weighted by Gasteiger charge is -2.33. The summed E-state index contributed by atoms with van der Waals surface area (Å²) in [6.07, 6.45) is 6.44. The molecule has 8 nitrogen and oxygen atoms in total. The Labute approximate surface area is 140 Å². The van der Waals surface area contributed by atoms with Crippen molar-refractivity contribution in [2.75, 3.05) is 5.32 Å². The van der Waals surface area contributed by atoms with Gasteiger partial charge in [-0.1, -0.05) is 0 Å². The molecule has 2 heterocycles. The maximum absolute atomic E-state index is 12.6. The van der Waals surface area contributed by atoms with Crippen LogP contribution in [-0.2, 0) is 0 Å². The summed E-state index contributed by atoms with van der Waals surface area (Å²) in [7, 11) is 0. The topological polar surface area (TPSA) is 118 Å². The van der Waals surface area contributed by atoms with E-state index in [4.69, 9.17) is 5.73 Å². The molecule has 1 saturated carbocycles. The number of aromatic nitrogens is 3. The monoisotopic (exact) mass is 329 g/mol. The van der Waals surface area contributed by atoms with E-state index in [-0.39, 0.29) is 23.5 Å². The quantitative estimate of drug-likeness (QED) is 0.617. The Morgan fingerprint density at radius 1 is 1.25 bits per heavy atom. The molecule has 0 aliphatic heterocycles. The molecule has 5 N–H and O–H groups in total. The van der Waals surface area contributed by atoms with Crippen LogP contribution in [0.1, 0.15) is 44.1 Å². The zero-order valence-electron chi connectivity index (χ0n) is 14.1. The van der Waals surface area contributed by atoms with Crippen LogP contribution in [0.25, 0.3) is 10.9 Å². The zero-order valence-corrected chi connectivity index (χ0v) is 14.1. The first-order chi connectivity index (χ1) is 11.3. The Morgan fingerprint density at radius 2 is 2.00 bits per heavy atom. The summed E-state index contributed by atoms with van der Waals surface area (Å²) in [5.41, 5.74) is 12.9.